The first-order chi connectivity index (χ1) is 20.3. The molecule has 0 spiro atoms. The van der Waals surface area contributed by atoms with Gasteiger partial charge in [0, 0.05) is 17.9 Å². The van der Waals surface area contributed by atoms with E-state index < -0.39 is 17.9 Å². The molecule has 0 aromatic carbocycles. The summed E-state index contributed by atoms with van der Waals surface area (Å²) in [6, 6.07) is 0. The minimum Gasteiger partial charge on any atom is -0.550 e. The van der Waals surface area contributed by atoms with Crippen molar-refractivity contribution in [2.45, 2.75) is 213 Å². The van der Waals surface area contributed by atoms with E-state index in [1.807, 2.05) is 0 Å². The summed E-state index contributed by atoms with van der Waals surface area (Å²) in [6.07, 6.45) is 33.5. The van der Waals surface area contributed by atoms with Crippen LogP contribution in [-0.2, 0) is 14.4 Å². The number of unbranched alkanes of at least 4 members (excludes halogenated alkanes) is 24. The molecule has 0 unspecified atom stereocenters. The average molecular weight is 690 g/mol. The second kappa shape index (κ2) is 59.6. The number of hydrogen-bond acceptors (Lipinski definition) is 6. The quantitative estimate of drug-likeness (QED) is 0.0561. The van der Waals surface area contributed by atoms with Crippen molar-refractivity contribution < 1.29 is 148 Å². The molecule has 0 aliphatic rings. The van der Waals surface area contributed by atoms with Crippen LogP contribution in [0.2, 0.25) is 0 Å². The van der Waals surface area contributed by atoms with Crippen LogP contribution in [0.5, 0.6) is 0 Å². The molecule has 0 heterocycles. The van der Waals surface area contributed by atoms with Crippen LogP contribution in [0.3, 0.4) is 0 Å². The van der Waals surface area contributed by atoms with Crippen LogP contribution >= 0.6 is 0 Å². The van der Waals surface area contributed by atoms with E-state index in [4.69, 9.17) is 0 Å². The molecule has 0 N–H and O–H groups in total. The molecule has 0 bridgehead atoms. The second-order valence-electron chi connectivity index (χ2n) is 11.9. The number of carbonyl (C=O) groups excluding carboxylic acids is 3. The first-order valence-electron chi connectivity index (χ1n) is 17.9. The van der Waals surface area contributed by atoms with E-state index in [0.29, 0.717) is 0 Å². The van der Waals surface area contributed by atoms with Crippen LogP contribution in [0.1, 0.15) is 213 Å². The molecule has 0 saturated carbocycles. The van der Waals surface area contributed by atoms with E-state index in [9.17, 15) is 29.7 Å². The van der Waals surface area contributed by atoms with Gasteiger partial charge in [-0.3, -0.25) is 0 Å². The monoisotopic (exact) mass is 689 g/mol. The molecule has 0 aromatic rings. The molecule has 0 radical (unpaired) electrons. The number of aliphatic carboxylic acids is 3. The fourth-order valence-electron chi connectivity index (χ4n) is 4.74. The van der Waals surface area contributed by atoms with Crippen molar-refractivity contribution in [2.24, 2.45) is 0 Å². The third kappa shape index (κ3) is 76.3. The van der Waals surface area contributed by atoms with Crippen LogP contribution in [0, 0.1) is 0 Å². The minimum absolute atomic E-state index is 0. The van der Waals surface area contributed by atoms with Gasteiger partial charge in [-0.05, 0) is 38.5 Å². The maximum atomic E-state index is 10.1. The van der Waals surface area contributed by atoms with E-state index in [0.717, 1.165) is 38.5 Å². The predicted octanol–water partition coefficient (Wildman–Crippen LogP) is -4.01. The number of carbonyl (C=O) groups is 3. The van der Waals surface area contributed by atoms with Gasteiger partial charge in [-0.1, -0.05) is 175 Å². The molecule has 0 saturated heterocycles. The number of carboxylic acids is 3. The molecule has 10 heteroatoms. The Morgan fingerprint density at radius 3 is 0.543 bits per heavy atom. The summed E-state index contributed by atoms with van der Waals surface area (Å²) in [5.41, 5.74) is 0. The summed E-state index contributed by atoms with van der Waals surface area (Å²) in [7, 11) is 0. The molecule has 46 heavy (non-hydrogen) atoms. The van der Waals surface area contributed by atoms with E-state index in [2.05, 4.69) is 20.8 Å². The zero-order valence-corrected chi connectivity index (χ0v) is 40.2. The maximum absolute atomic E-state index is 10.1. The van der Waals surface area contributed by atoms with Crippen molar-refractivity contribution in [1.29, 1.82) is 0 Å². The van der Waals surface area contributed by atoms with Gasteiger partial charge in [0.2, 0.25) is 0 Å². The van der Waals surface area contributed by atoms with Gasteiger partial charge in [0.05, 0.1) is 0 Å². The van der Waals surface area contributed by atoms with Gasteiger partial charge in [0.15, 0.2) is 0 Å². The Bertz CT molecular complexity index is 569. The summed E-state index contributed by atoms with van der Waals surface area (Å²) in [5, 5.41) is 30.3. The Morgan fingerprint density at radius 2 is 0.413 bits per heavy atom. The van der Waals surface area contributed by atoms with Crippen molar-refractivity contribution in [1.82, 2.24) is 0 Å². The smallest absolute Gasteiger partial charge is 0.550 e. The number of rotatable bonds is 30. The maximum Gasteiger partial charge on any atom is 1.00 e. The summed E-state index contributed by atoms with van der Waals surface area (Å²) in [4.78, 5) is 30.3. The molecule has 0 aromatic heterocycles. The zero-order chi connectivity index (χ0) is 31.9. The molecule has 0 fully saturated rings. The molecule has 0 atom stereocenters. The van der Waals surface area contributed by atoms with Crippen LogP contribution in [0.15, 0.2) is 0 Å². The number of hydrogen-bond donors (Lipinski definition) is 0. The normalized spacial score (nSPS) is 9.46. The number of carboxylic acid groups (broad SMARTS) is 3. The van der Waals surface area contributed by atoms with Crippen LogP contribution in [0.4, 0.5) is 0 Å². The largest absolute Gasteiger partial charge is 1.00 e. The van der Waals surface area contributed by atoms with Crippen LogP contribution in [0.25, 0.3) is 0 Å². The van der Waals surface area contributed by atoms with Gasteiger partial charge in [0.25, 0.3) is 0 Å². The van der Waals surface area contributed by atoms with Gasteiger partial charge in [-0.25, -0.2) is 0 Å². The molecule has 0 aliphatic carbocycles. The summed E-state index contributed by atoms with van der Waals surface area (Å²) < 4.78 is 0. The first-order valence-corrected chi connectivity index (χ1v) is 17.9. The summed E-state index contributed by atoms with van der Waals surface area (Å²) >= 11 is 0. The zero-order valence-electron chi connectivity index (χ0n) is 32.2. The van der Waals surface area contributed by atoms with Crippen molar-refractivity contribution in [3.8, 4) is 0 Å². The molecule has 252 valence electrons. The minimum atomic E-state index is -0.913. The van der Waals surface area contributed by atoms with Crippen molar-refractivity contribution in [3.05, 3.63) is 0 Å². The van der Waals surface area contributed by atoms with Crippen molar-refractivity contribution >= 4 is 17.9 Å². The van der Waals surface area contributed by atoms with E-state index in [-0.39, 0.29) is 137 Å². The first kappa shape index (κ1) is 63.5. The van der Waals surface area contributed by atoms with Gasteiger partial charge in [-0.15, -0.1) is 0 Å². The second-order valence-corrected chi connectivity index (χ2v) is 11.9. The third-order valence-electron chi connectivity index (χ3n) is 7.45. The van der Waals surface area contributed by atoms with E-state index in [1.165, 1.54) is 135 Å². The summed E-state index contributed by atoms with van der Waals surface area (Å²) in [5.74, 6) is -2.73. The standard InChI is InChI=1S/C14H28O2.C12H24O2.C10H20O2.4Na/c1-2-3-4-5-6-7-8-9-10-11-12-13-14(15)16;1-2-3-4-5-6-7-8-9-10-11-12(13)14;1-2-3-4-5-6-7-8-9-10(11)12;;;;/h2-13H2,1H3,(H,15,16);2-11H2,1H3,(H,13,14);2-9H2,1H3,(H,11,12);;;;/q;;;4*+1/p-3. The van der Waals surface area contributed by atoms with Gasteiger partial charge < -0.3 is 29.7 Å². The van der Waals surface area contributed by atoms with Gasteiger partial charge in [0.1, 0.15) is 0 Å². The third-order valence-corrected chi connectivity index (χ3v) is 7.45. The molecule has 6 nitrogen and oxygen atoms in total. The fourth-order valence-corrected chi connectivity index (χ4v) is 4.74. The van der Waals surface area contributed by atoms with Crippen LogP contribution in [-0.4, -0.2) is 17.9 Å². The van der Waals surface area contributed by atoms with Crippen molar-refractivity contribution in [3.63, 3.8) is 0 Å². The molecule has 0 aliphatic heterocycles. The van der Waals surface area contributed by atoms with E-state index in [1.54, 1.807) is 0 Å². The van der Waals surface area contributed by atoms with Crippen LogP contribution < -0.4 is 134 Å². The fraction of sp³-hybridized carbons (Fsp3) is 0.917. The Labute approximate surface area is 374 Å². The predicted molar refractivity (Wildman–Crippen MR) is 171 cm³/mol. The average Bonchev–Trinajstić information content (AvgIpc) is 2.95. The Morgan fingerprint density at radius 1 is 0.283 bits per heavy atom. The molecular weight excluding hydrogens is 620 g/mol. The Kier molecular flexibility index (Phi) is 82.1. The molecule has 0 amide bonds. The van der Waals surface area contributed by atoms with Gasteiger partial charge in [-0.2, -0.15) is 0 Å². The Hall–Kier alpha value is 2.41. The SMILES string of the molecule is CCCCCCCCCC(=O)[O-].CCCCCCCCCCCC(=O)[O-].CCCCCCCCCCCCCC(=O)[O-].[Na+].[Na+].[Na+].[Na+]. The Balaban J connectivity index is -0.0000000959. The van der Waals surface area contributed by atoms with Gasteiger partial charge >= 0.3 is 118 Å². The summed E-state index contributed by atoms with van der Waals surface area (Å²) in [6.45, 7) is 6.66. The van der Waals surface area contributed by atoms with Crippen molar-refractivity contribution in [2.75, 3.05) is 0 Å². The topological polar surface area (TPSA) is 120 Å². The molecular formula is C36H69Na4O6+. The molecule has 0 rings (SSSR count). The van der Waals surface area contributed by atoms with E-state index >= 15 is 0 Å².